The van der Waals surface area contributed by atoms with Crippen molar-refractivity contribution in [3.05, 3.63) is 29.1 Å². The van der Waals surface area contributed by atoms with Gasteiger partial charge in [-0.05, 0) is 42.9 Å². The summed E-state index contributed by atoms with van der Waals surface area (Å²) in [6.45, 7) is 8.81. The molecule has 1 heteroatoms. The lowest BCUT2D eigenvalue weighted by Crippen LogP contribution is -1.99. The number of pyridine rings is 1. The van der Waals surface area contributed by atoms with Gasteiger partial charge in [-0.3, -0.25) is 4.98 Å². The van der Waals surface area contributed by atoms with Gasteiger partial charge in [0.25, 0.3) is 0 Å². The SMILES string of the molecule is CCc1cc(C)c(CC(C)C)cn1. The average molecular weight is 177 g/mol. The molecule has 0 unspecified atom stereocenters. The van der Waals surface area contributed by atoms with Crippen LogP contribution in [-0.4, -0.2) is 4.98 Å². The van der Waals surface area contributed by atoms with Crippen LogP contribution in [-0.2, 0) is 12.8 Å². The molecule has 0 spiro atoms. The van der Waals surface area contributed by atoms with Gasteiger partial charge in [-0.2, -0.15) is 0 Å². The van der Waals surface area contributed by atoms with E-state index in [-0.39, 0.29) is 0 Å². The molecule has 0 saturated heterocycles. The van der Waals surface area contributed by atoms with Crippen molar-refractivity contribution in [2.24, 2.45) is 5.92 Å². The van der Waals surface area contributed by atoms with Gasteiger partial charge in [0, 0.05) is 11.9 Å². The van der Waals surface area contributed by atoms with Gasteiger partial charge in [0.05, 0.1) is 0 Å². The van der Waals surface area contributed by atoms with Crippen LogP contribution in [0, 0.1) is 12.8 Å². The Kier molecular flexibility index (Phi) is 3.47. The number of rotatable bonds is 3. The highest BCUT2D eigenvalue weighted by Gasteiger charge is 2.02. The molecule has 1 rings (SSSR count). The highest BCUT2D eigenvalue weighted by atomic mass is 14.7. The Bertz CT molecular complexity index is 276. The summed E-state index contributed by atoms with van der Waals surface area (Å²) < 4.78 is 0. The van der Waals surface area contributed by atoms with Crippen LogP contribution in [0.1, 0.15) is 37.6 Å². The van der Waals surface area contributed by atoms with Crippen molar-refractivity contribution in [1.29, 1.82) is 0 Å². The zero-order chi connectivity index (χ0) is 9.84. The lowest BCUT2D eigenvalue weighted by atomic mass is 10.00. The first-order valence-electron chi connectivity index (χ1n) is 5.07. The van der Waals surface area contributed by atoms with Gasteiger partial charge >= 0.3 is 0 Å². The predicted molar refractivity (Wildman–Crippen MR) is 56.9 cm³/mol. The van der Waals surface area contributed by atoms with Crippen LogP contribution >= 0.6 is 0 Å². The van der Waals surface area contributed by atoms with Crippen LogP contribution in [0.25, 0.3) is 0 Å². The highest BCUT2D eigenvalue weighted by molar-refractivity contribution is 5.25. The smallest absolute Gasteiger partial charge is 0.0403 e. The summed E-state index contributed by atoms with van der Waals surface area (Å²) in [6, 6.07) is 2.21. The molecule has 0 atom stereocenters. The standard InChI is InChI=1S/C12H19N/c1-5-12-7-10(4)11(8-13-12)6-9(2)3/h7-9H,5-6H2,1-4H3. The third kappa shape index (κ3) is 2.83. The zero-order valence-electron chi connectivity index (χ0n) is 9.09. The molecule has 0 bridgehead atoms. The molecule has 72 valence electrons. The number of hydrogen-bond donors (Lipinski definition) is 0. The first-order chi connectivity index (χ1) is 6.13. The molecule has 0 aliphatic rings. The average Bonchev–Trinajstić information content (AvgIpc) is 2.08. The number of nitrogens with zero attached hydrogens (tertiary/aromatic N) is 1. The molecule has 0 radical (unpaired) electrons. The molecule has 0 aliphatic heterocycles. The summed E-state index contributed by atoms with van der Waals surface area (Å²) in [5.74, 6) is 0.716. The van der Waals surface area contributed by atoms with E-state index < -0.39 is 0 Å². The summed E-state index contributed by atoms with van der Waals surface area (Å²) in [4.78, 5) is 4.41. The first-order valence-corrected chi connectivity index (χ1v) is 5.07. The Morgan fingerprint density at radius 2 is 2.08 bits per heavy atom. The van der Waals surface area contributed by atoms with Gasteiger partial charge < -0.3 is 0 Å². The van der Waals surface area contributed by atoms with E-state index in [1.54, 1.807) is 0 Å². The molecule has 1 aromatic heterocycles. The minimum atomic E-state index is 0.716. The van der Waals surface area contributed by atoms with Crippen molar-refractivity contribution >= 4 is 0 Å². The number of aromatic nitrogens is 1. The molecule has 0 N–H and O–H groups in total. The fourth-order valence-corrected chi connectivity index (χ4v) is 1.49. The molecule has 0 aromatic carbocycles. The normalized spacial score (nSPS) is 10.8. The van der Waals surface area contributed by atoms with E-state index in [1.165, 1.54) is 16.8 Å². The van der Waals surface area contributed by atoms with E-state index in [1.807, 2.05) is 6.20 Å². The third-order valence-corrected chi connectivity index (χ3v) is 2.27. The summed E-state index contributed by atoms with van der Waals surface area (Å²) >= 11 is 0. The molecular weight excluding hydrogens is 158 g/mol. The lowest BCUT2D eigenvalue weighted by Gasteiger charge is -2.08. The molecule has 13 heavy (non-hydrogen) atoms. The number of hydrogen-bond acceptors (Lipinski definition) is 1. The second-order valence-electron chi connectivity index (χ2n) is 4.05. The van der Waals surface area contributed by atoms with Crippen molar-refractivity contribution in [1.82, 2.24) is 4.98 Å². The van der Waals surface area contributed by atoms with Crippen LogP contribution in [0.15, 0.2) is 12.3 Å². The summed E-state index contributed by atoms with van der Waals surface area (Å²) in [7, 11) is 0. The quantitative estimate of drug-likeness (QED) is 0.691. The van der Waals surface area contributed by atoms with Crippen LogP contribution in [0.3, 0.4) is 0 Å². The lowest BCUT2D eigenvalue weighted by molar-refractivity contribution is 0.642. The molecule has 0 aliphatic carbocycles. The Morgan fingerprint density at radius 1 is 1.38 bits per heavy atom. The predicted octanol–water partition coefficient (Wildman–Crippen LogP) is 3.15. The van der Waals surface area contributed by atoms with Gasteiger partial charge in [0.1, 0.15) is 0 Å². The monoisotopic (exact) mass is 177 g/mol. The van der Waals surface area contributed by atoms with Gasteiger partial charge in [0.15, 0.2) is 0 Å². The second-order valence-corrected chi connectivity index (χ2v) is 4.05. The highest BCUT2D eigenvalue weighted by Crippen LogP contribution is 2.13. The summed E-state index contributed by atoms with van der Waals surface area (Å²) in [5, 5.41) is 0. The Morgan fingerprint density at radius 3 is 2.54 bits per heavy atom. The number of aryl methyl sites for hydroxylation is 2. The largest absolute Gasteiger partial charge is 0.261 e. The van der Waals surface area contributed by atoms with E-state index in [4.69, 9.17) is 0 Å². The van der Waals surface area contributed by atoms with Crippen molar-refractivity contribution in [3.63, 3.8) is 0 Å². The summed E-state index contributed by atoms with van der Waals surface area (Å²) in [6.07, 6.45) is 4.21. The van der Waals surface area contributed by atoms with Crippen molar-refractivity contribution in [2.45, 2.75) is 40.5 Å². The maximum absolute atomic E-state index is 4.41. The van der Waals surface area contributed by atoms with Crippen LogP contribution in [0.4, 0.5) is 0 Å². The topological polar surface area (TPSA) is 12.9 Å². The third-order valence-electron chi connectivity index (χ3n) is 2.27. The van der Waals surface area contributed by atoms with Crippen molar-refractivity contribution in [3.8, 4) is 0 Å². The van der Waals surface area contributed by atoms with Gasteiger partial charge in [-0.15, -0.1) is 0 Å². The van der Waals surface area contributed by atoms with Crippen molar-refractivity contribution in [2.75, 3.05) is 0 Å². The van der Waals surface area contributed by atoms with Crippen LogP contribution < -0.4 is 0 Å². The Balaban J connectivity index is 2.85. The van der Waals surface area contributed by atoms with E-state index >= 15 is 0 Å². The van der Waals surface area contributed by atoms with Gasteiger partial charge in [-0.25, -0.2) is 0 Å². The van der Waals surface area contributed by atoms with E-state index in [0.29, 0.717) is 5.92 Å². The molecule has 1 aromatic rings. The Hall–Kier alpha value is -0.850. The maximum Gasteiger partial charge on any atom is 0.0403 e. The fourth-order valence-electron chi connectivity index (χ4n) is 1.49. The van der Waals surface area contributed by atoms with Gasteiger partial charge in [0.2, 0.25) is 0 Å². The zero-order valence-corrected chi connectivity index (χ0v) is 9.09. The first kappa shape index (κ1) is 10.2. The van der Waals surface area contributed by atoms with E-state index in [0.717, 1.165) is 12.8 Å². The summed E-state index contributed by atoms with van der Waals surface area (Å²) in [5.41, 5.74) is 3.98. The van der Waals surface area contributed by atoms with Crippen molar-refractivity contribution < 1.29 is 0 Å². The Labute approximate surface area is 81.2 Å². The molecule has 1 nitrogen and oxygen atoms in total. The van der Waals surface area contributed by atoms with E-state index in [2.05, 4.69) is 38.7 Å². The molecular formula is C12H19N. The molecule has 0 amide bonds. The molecule has 0 saturated carbocycles. The van der Waals surface area contributed by atoms with Crippen LogP contribution in [0.2, 0.25) is 0 Å². The van der Waals surface area contributed by atoms with E-state index in [9.17, 15) is 0 Å². The fraction of sp³-hybridized carbons (Fsp3) is 0.583. The minimum Gasteiger partial charge on any atom is -0.261 e. The maximum atomic E-state index is 4.41. The van der Waals surface area contributed by atoms with Gasteiger partial charge in [-0.1, -0.05) is 20.8 Å². The molecule has 0 fully saturated rings. The molecule has 1 heterocycles. The second kappa shape index (κ2) is 4.40. The van der Waals surface area contributed by atoms with Crippen LogP contribution in [0.5, 0.6) is 0 Å². The minimum absolute atomic E-state index is 0.716.